The van der Waals surface area contributed by atoms with E-state index in [1.807, 2.05) is 22.9 Å². The smallest absolute Gasteiger partial charge is 0.213 e. The van der Waals surface area contributed by atoms with Crippen molar-refractivity contribution < 1.29 is 4.74 Å². The summed E-state index contributed by atoms with van der Waals surface area (Å²) in [5.74, 6) is 0.617. The van der Waals surface area contributed by atoms with Crippen molar-refractivity contribution in [2.75, 3.05) is 12.8 Å². The highest BCUT2D eigenvalue weighted by atomic mass is 16.5. The van der Waals surface area contributed by atoms with Gasteiger partial charge in [0, 0.05) is 6.07 Å². The maximum absolute atomic E-state index is 6.11. The van der Waals surface area contributed by atoms with Gasteiger partial charge in [-0.25, -0.2) is 4.98 Å². The molecular weight excluding hydrogens is 240 g/mol. The molecule has 0 aliphatic rings. The number of aryl methyl sites for hydroxylation is 1. The first-order valence-corrected chi connectivity index (χ1v) is 6.53. The number of hydrogen-bond donors (Lipinski definition) is 1. The summed E-state index contributed by atoms with van der Waals surface area (Å²) in [5.41, 5.74) is 9.86. The minimum atomic E-state index is 0.616. The van der Waals surface area contributed by atoms with Crippen molar-refractivity contribution in [1.29, 1.82) is 0 Å². The third-order valence-corrected chi connectivity index (χ3v) is 3.15. The van der Waals surface area contributed by atoms with Crippen LogP contribution < -0.4 is 10.5 Å². The fourth-order valence-electron chi connectivity index (χ4n) is 2.14. The monoisotopic (exact) mass is 260 g/mol. The van der Waals surface area contributed by atoms with Gasteiger partial charge in [0.25, 0.3) is 0 Å². The van der Waals surface area contributed by atoms with Gasteiger partial charge in [-0.15, -0.1) is 0 Å². The van der Waals surface area contributed by atoms with Crippen LogP contribution in [0.4, 0.5) is 5.69 Å². The van der Waals surface area contributed by atoms with Crippen LogP contribution in [0, 0.1) is 0 Å². The van der Waals surface area contributed by atoms with E-state index in [4.69, 9.17) is 10.5 Å². The van der Waals surface area contributed by atoms with E-state index in [1.165, 1.54) is 0 Å². The molecule has 2 rings (SSSR count). The fourth-order valence-corrected chi connectivity index (χ4v) is 2.14. The van der Waals surface area contributed by atoms with Gasteiger partial charge in [0.1, 0.15) is 0 Å². The number of ether oxygens (including phenoxy) is 1. The predicted octanol–water partition coefficient (Wildman–Crippen LogP) is 2.04. The second-order valence-corrected chi connectivity index (χ2v) is 4.34. The van der Waals surface area contributed by atoms with Gasteiger partial charge in [-0.1, -0.05) is 19.9 Å². The summed E-state index contributed by atoms with van der Waals surface area (Å²) in [5, 5.41) is 4.56. The number of rotatable bonds is 5. The number of methoxy groups -OCH3 is 1. The van der Waals surface area contributed by atoms with E-state index >= 15 is 0 Å². The van der Waals surface area contributed by atoms with Crippen molar-refractivity contribution in [3.63, 3.8) is 0 Å². The molecule has 0 atom stereocenters. The average molecular weight is 260 g/mol. The first-order chi connectivity index (χ1) is 9.19. The molecule has 2 aromatic rings. The molecule has 2 heterocycles. The van der Waals surface area contributed by atoms with Gasteiger partial charge in [0.15, 0.2) is 0 Å². The van der Waals surface area contributed by atoms with Crippen LogP contribution in [0.5, 0.6) is 5.88 Å². The molecule has 0 spiro atoms. The Morgan fingerprint density at radius 3 is 2.68 bits per heavy atom. The Kier molecular flexibility index (Phi) is 4.04. The Balaban J connectivity index is 2.32. The van der Waals surface area contributed by atoms with Gasteiger partial charge < -0.3 is 10.5 Å². The second-order valence-electron chi connectivity index (χ2n) is 4.34. The molecule has 0 saturated heterocycles. The highest BCUT2D eigenvalue weighted by Gasteiger charge is 2.13. The van der Waals surface area contributed by atoms with Gasteiger partial charge in [0.05, 0.1) is 36.4 Å². The van der Waals surface area contributed by atoms with E-state index in [1.54, 1.807) is 7.11 Å². The van der Waals surface area contributed by atoms with E-state index < -0.39 is 0 Å². The molecule has 5 nitrogen and oxygen atoms in total. The molecule has 2 aromatic heterocycles. The topological polar surface area (TPSA) is 66.0 Å². The molecule has 0 unspecified atom stereocenters. The maximum Gasteiger partial charge on any atom is 0.213 e. The molecule has 19 heavy (non-hydrogen) atoms. The van der Waals surface area contributed by atoms with Gasteiger partial charge in [-0.3, -0.25) is 4.68 Å². The Labute approximate surface area is 113 Å². The normalized spacial score (nSPS) is 10.7. The number of nitrogens with zero attached hydrogens (tertiary/aromatic N) is 3. The van der Waals surface area contributed by atoms with Crippen molar-refractivity contribution >= 4 is 5.69 Å². The van der Waals surface area contributed by atoms with Crippen LogP contribution in [-0.2, 0) is 19.4 Å². The van der Waals surface area contributed by atoms with E-state index in [0.29, 0.717) is 12.4 Å². The summed E-state index contributed by atoms with van der Waals surface area (Å²) in [4.78, 5) is 4.40. The third-order valence-electron chi connectivity index (χ3n) is 3.15. The zero-order valence-electron chi connectivity index (χ0n) is 11.7. The summed E-state index contributed by atoms with van der Waals surface area (Å²) in [6, 6.07) is 5.73. The number of nitrogens with two attached hydrogens (primary N) is 1. The summed E-state index contributed by atoms with van der Waals surface area (Å²) in [6.45, 7) is 4.76. The van der Waals surface area contributed by atoms with Gasteiger partial charge in [-0.05, 0) is 18.9 Å². The minimum Gasteiger partial charge on any atom is -0.481 e. The molecule has 5 heteroatoms. The van der Waals surface area contributed by atoms with Gasteiger partial charge in [-0.2, -0.15) is 5.10 Å². The lowest BCUT2D eigenvalue weighted by molar-refractivity contribution is 0.395. The first-order valence-electron chi connectivity index (χ1n) is 6.53. The number of hydrogen-bond acceptors (Lipinski definition) is 4. The van der Waals surface area contributed by atoms with Crippen molar-refractivity contribution in [2.45, 2.75) is 33.2 Å². The molecule has 0 saturated carbocycles. The molecular formula is C14H20N4O. The van der Waals surface area contributed by atoms with Crippen molar-refractivity contribution in [1.82, 2.24) is 14.8 Å². The van der Waals surface area contributed by atoms with E-state index in [2.05, 4.69) is 23.9 Å². The van der Waals surface area contributed by atoms with Crippen LogP contribution in [0.15, 0.2) is 18.2 Å². The van der Waals surface area contributed by atoms with Crippen LogP contribution in [0.3, 0.4) is 0 Å². The summed E-state index contributed by atoms with van der Waals surface area (Å²) in [6.07, 6.45) is 1.71. The zero-order chi connectivity index (χ0) is 13.8. The highest BCUT2D eigenvalue weighted by Crippen LogP contribution is 2.19. The van der Waals surface area contributed by atoms with Crippen molar-refractivity contribution in [3.05, 3.63) is 35.3 Å². The van der Waals surface area contributed by atoms with E-state index in [0.717, 1.165) is 35.6 Å². The molecule has 0 aromatic carbocycles. The lowest BCUT2D eigenvalue weighted by atomic mass is 10.2. The summed E-state index contributed by atoms with van der Waals surface area (Å²) >= 11 is 0. The van der Waals surface area contributed by atoms with Crippen LogP contribution in [0.1, 0.15) is 30.9 Å². The van der Waals surface area contributed by atoms with Crippen LogP contribution in [0.2, 0.25) is 0 Å². The molecule has 0 aliphatic heterocycles. The highest BCUT2D eigenvalue weighted by molar-refractivity contribution is 5.48. The van der Waals surface area contributed by atoms with Crippen LogP contribution >= 0.6 is 0 Å². The number of anilines is 1. The Morgan fingerprint density at radius 2 is 2.05 bits per heavy atom. The molecule has 0 radical (unpaired) electrons. The molecule has 2 N–H and O–H groups in total. The second kappa shape index (κ2) is 5.73. The van der Waals surface area contributed by atoms with E-state index in [-0.39, 0.29) is 0 Å². The van der Waals surface area contributed by atoms with Gasteiger partial charge >= 0.3 is 0 Å². The van der Waals surface area contributed by atoms with Crippen LogP contribution in [0.25, 0.3) is 0 Å². The SMILES string of the molecule is CCc1nn(Cc2cccc(OC)n2)c(CC)c1N. The zero-order valence-corrected chi connectivity index (χ0v) is 11.7. The molecule has 102 valence electrons. The fraction of sp³-hybridized carbons (Fsp3) is 0.429. The third kappa shape index (κ3) is 2.70. The maximum atomic E-state index is 6.11. The Hall–Kier alpha value is -2.04. The predicted molar refractivity (Wildman–Crippen MR) is 75.3 cm³/mol. The largest absolute Gasteiger partial charge is 0.481 e. The van der Waals surface area contributed by atoms with E-state index in [9.17, 15) is 0 Å². The Bertz CT molecular complexity index is 563. The lowest BCUT2D eigenvalue weighted by Crippen LogP contribution is -2.08. The summed E-state index contributed by atoms with van der Waals surface area (Å²) < 4.78 is 7.07. The minimum absolute atomic E-state index is 0.616. The average Bonchev–Trinajstić information content (AvgIpc) is 2.74. The number of pyridine rings is 1. The summed E-state index contributed by atoms with van der Waals surface area (Å²) in [7, 11) is 1.62. The van der Waals surface area contributed by atoms with Crippen molar-refractivity contribution in [2.24, 2.45) is 0 Å². The molecule has 0 aliphatic carbocycles. The lowest BCUT2D eigenvalue weighted by Gasteiger charge is -2.07. The molecule has 0 amide bonds. The first kappa shape index (κ1) is 13.4. The Morgan fingerprint density at radius 1 is 1.26 bits per heavy atom. The van der Waals surface area contributed by atoms with Gasteiger partial charge in [0.2, 0.25) is 5.88 Å². The quantitative estimate of drug-likeness (QED) is 0.893. The number of aromatic nitrogens is 3. The number of nitrogen functional groups attached to an aromatic ring is 1. The standard InChI is InChI=1S/C14H20N4O/c1-4-11-14(15)12(5-2)18(17-11)9-10-7-6-8-13(16-10)19-3/h6-8H,4-5,9,15H2,1-3H3. The van der Waals surface area contributed by atoms with Crippen molar-refractivity contribution in [3.8, 4) is 5.88 Å². The van der Waals surface area contributed by atoms with Crippen LogP contribution in [-0.4, -0.2) is 21.9 Å². The molecule has 0 bridgehead atoms. The molecule has 0 fully saturated rings.